The van der Waals surface area contributed by atoms with Crippen LogP contribution in [-0.2, 0) is 0 Å². The van der Waals surface area contributed by atoms with Gasteiger partial charge in [-0.25, -0.2) is 9.97 Å². The predicted octanol–water partition coefficient (Wildman–Crippen LogP) is 9.37. The lowest BCUT2D eigenvalue weighted by atomic mass is 9.98. The summed E-state index contributed by atoms with van der Waals surface area (Å²) in [6.45, 7) is 0. The normalized spacial score (nSPS) is 12.0. The van der Waals surface area contributed by atoms with E-state index in [2.05, 4.69) is 101 Å². The molecule has 0 saturated carbocycles. The minimum absolute atomic E-state index is 0.805. The van der Waals surface area contributed by atoms with Crippen LogP contribution in [0.3, 0.4) is 0 Å². The first-order valence-corrected chi connectivity index (χ1v) is 13.4. The van der Waals surface area contributed by atoms with E-state index < -0.39 is 0 Å². The molecule has 0 bridgehead atoms. The van der Waals surface area contributed by atoms with Gasteiger partial charge in [-0.3, -0.25) is 4.40 Å². The Labute approximate surface area is 229 Å². The quantitative estimate of drug-likeness (QED) is 0.237. The van der Waals surface area contributed by atoms with E-state index in [1.165, 1.54) is 16.3 Å². The van der Waals surface area contributed by atoms with E-state index in [1.807, 2.05) is 30.3 Å². The van der Waals surface area contributed by atoms with E-state index >= 15 is 0 Å². The number of fused-ring (bicyclic) bond motifs is 6. The summed E-state index contributed by atoms with van der Waals surface area (Å²) in [4.78, 5) is 10.1. The van der Waals surface area contributed by atoms with E-state index in [4.69, 9.17) is 14.4 Å². The van der Waals surface area contributed by atoms with Crippen molar-refractivity contribution in [2.24, 2.45) is 0 Å². The second kappa shape index (κ2) is 8.01. The van der Waals surface area contributed by atoms with Gasteiger partial charge in [0.2, 0.25) is 0 Å². The fourth-order valence-corrected chi connectivity index (χ4v) is 6.12. The van der Waals surface area contributed by atoms with Crippen LogP contribution in [0.2, 0.25) is 0 Å². The smallest absolute Gasteiger partial charge is 0.153 e. The van der Waals surface area contributed by atoms with Gasteiger partial charge in [0.15, 0.2) is 5.58 Å². The summed E-state index contributed by atoms with van der Waals surface area (Å²) < 4.78 is 8.27. The first kappa shape index (κ1) is 21.5. The lowest BCUT2D eigenvalue weighted by Crippen LogP contribution is -1.86. The van der Waals surface area contributed by atoms with Gasteiger partial charge in [-0.1, -0.05) is 78.9 Å². The molecule has 0 aliphatic heterocycles. The van der Waals surface area contributed by atoms with Crippen molar-refractivity contribution in [2.75, 3.05) is 0 Å². The topological polar surface area (TPSA) is 43.3 Å². The number of para-hydroxylation sites is 1. The molecule has 9 rings (SSSR count). The third kappa shape index (κ3) is 3.01. The highest BCUT2D eigenvalue weighted by Crippen LogP contribution is 2.38. The van der Waals surface area contributed by atoms with Crippen LogP contribution in [-0.4, -0.2) is 14.4 Å². The third-order valence-corrected chi connectivity index (χ3v) is 7.95. The molecular weight excluding hydrogens is 490 g/mol. The minimum Gasteiger partial charge on any atom is -0.454 e. The standard InChI is InChI=1S/C36H21N3O/c1-2-13-27-26(12-1)30-15-7-17-33-38-34(36(27)39(30)33)25-11-6-9-23(21-25)22-8-5-10-24(20-22)29-18-19-32-35(37-29)28-14-3-4-16-31(28)40-32/h1-21H. The zero-order chi connectivity index (χ0) is 26.2. The molecule has 0 saturated heterocycles. The molecule has 0 unspecified atom stereocenters. The molecule has 40 heavy (non-hydrogen) atoms. The first-order valence-electron chi connectivity index (χ1n) is 13.4. The molecule has 0 aliphatic carbocycles. The number of furan rings is 1. The summed E-state index contributed by atoms with van der Waals surface area (Å²) >= 11 is 0. The van der Waals surface area contributed by atoms with Crippen molar-refractivity contribution in [3.63, 3.8) is 0 Å². The number of imidazole rings is 1. The van der Waals surface area contributed by atoms with Gasteiger partial charge >= 0.3 is 0 Å². The lowest BCUT2D eigenvalue weighted by molar-refractivity contribution is 0.668. The molecule has 0 atom stereocenters. The summed E-state index contributed by atoms with van der Waals surface area (Å²) in [5.74, 6) is 0. The SMILES string of the molecule is c1cc(-c2cccc(-c3nc4cccc5c6ccccc6c3n45)c2)cc(-c2ccc3oc4ccccc4c3n2)c1. The Kier molecular flexibility index (Phi) is 4.30. The van der Waals surface area contributed by atoms with Crippen LogP contribution in [0.15, 0.2) is 132 Å². The van der Waals surface area contributed by atoms with Crippen LogP contribution in [0.1, 0.15) is 0 Å². The van der Waals surface area contributed by atoms with Gasteiger partial charge < -0.3 is 4.42 Å². The van der Waals surface area contributed by atoms with Crippen LogP contribution in [0.4, 0.5) is 0 Å². The Balaban J connectivity index is 1.18. The third-order valence-electron chi connectivity index (χ3n) is 7.95. The molecule has 0 amide bonds. The Hall–Kier alpha value is -5.48. The van der Waals surface area contributed by atoms with Crippen molar-refractivity contribution in [1.29, 1.82) is 0 Å². The van der Waals surface area contributed by atoms with Crippen LogP contribution in [0.5, 0.6) is 0 Å². The molecule has 0 N–H and O–H groups in total. The van der Waals surface area contributed by atoms with E-state index in [0.29, 0.717) is 0 Å². The maximum atomic E-state index is 5.99. The fraction of sp³-hybridized carbons (Fsp3) is 0. The van der Waals surface area contributed by atoms with Crippen molar-refractivity contribution in [1.82, 2.24) is 14.4 Å². The highest BCUT2D eigenvalue weighted by molar-refractivity contribution is 6.13. The molecule has 5 heterocycles. The molecular formula is C36H21N3O. The van der Waals surface area contributed by atoms with Gasteiger partial charge in [-0.15, -0.1) is 0 Å². The van der Waals surface area contributed by atoms with Crippen molar-refractivity contribution in [2.45, 2.75) is 0 Å². The summed E-state index contributed by atoms with van der Waals surface area (Å²) in [6, 6.07) is 44.3. The number of nitrogens with zero attached hydrogens (tertiary/aromatic N) is 3. The molecule has 0 fully saturated rings. The van der Waals surface area contributed by atoms with E-state index in [-0.39, 0.29) is 0 Å². The number of hydrogen-bond acceptors (Lipinski definition) is 3. The molecule has 0 aliphatic rings. The van der Waals surface area contributed by atoms with Gasteiger partial charge in [0.1, 0.15) is 16.7 Å². The average molecular weight is 512 g/mol. The second-order valence-corrected chi connectivity index (χ2v) is 10.3. The van der Waals surface area contributed by atoms with Gasteiger partial charge in [-0.2, -0.15) is 0 Å². The van der Waals surface area contributed by atoms with E-state index in [1.54, 1.807) is 0 Å². The summed E-state index contributed by atoms with van der Waals surface area (Å²) in [5.41, 5.74) is 12.3. The molecule has 4 aromatic carbocycles. The van der Waals surface area contributed by atoms with Gasteiger partial charge in [0.25, 0.3) is 0 Å². The van der Waals surface area contributed by atoms with Crippen LogP contribution >= 0.6 is 0 Å². The molecule has 4 heteroatoms. The highest BCUT2D eigenvalue weighted by atomic mass is 16.3. The molecule has 5 aromatic heterocycles. The van der Waals surface area contributed by atoms with Crippen molar-refractivity contribution < 1.29 is 4.42 Å². The van der Waals surface area contributed by atoms with Gasteiger partial charge in [0, 0.05) is 27.3 Å². The summed E-state index contributed by atoms with van der Waals surface area (Å²) in [5, 5.41) is 3.52. The largest absolute Gasteiger partial charge is 0.454 e. The fourth-order valence-electron chi connectivity index (χ4n) is 6.12. The van der Waals surface area contributed by atoms with Gasteiger partial charge in [-0.05, 0) is 59.7 Å². The first-order chi connectivity index (χ1) is 19.8. The Morgan fingerprint density at radius 1 is 0.500 bits per heavy atom. The van der Waals surface area contributed by atoms with Crippen LogP contribution in [0.25, 0.3) is 83.2 Å². The zero-order valence-electron chi connectivity index (χ0n) is 21.4. The van der Waals surface area contributed by atoms with Crippen LogP contribution < -0.4 is 0 Å². The molecule has 4 nitrogen and oxygen atoms in total. The summed E-state index contributed by atoms with van der Waals surface area (Å²) in [7, 11) is 0. The number of benzene rings is 4. The van der Waals surface area contributed by atoms with Gasteiger partial charge in [0.05, 0.1) is 22.4 Å². The van der Waals surface area contributed by atoms with Crippen molar-refractivity contribution in [3.8, 4) is 33.6 Å². The Morgan fingerprint density at radius 3 is 2.08 bits per heavy atom. The van der Waals surface area contributed by atoms with E-state index in [0.717, 1.165) is 66.9 Å². The molecule has 186 valence electrons. The maximum Gasteiger partial charge on any atom is 0.153 e. The minimum atomic E-state index is 0.805. The second-order valence-electron chi connectivity index (χ2n) is 10.3. The highest BCUT2D eigenvalue weighted by Gasteiger charge is 2.18. The Bertz CT molecular complexity index is 2390. The van der Waals surface area contributed by atoms with Crippen molar-refractivity contribution >= 4 is 49.5 Å². The molecule has 9 aromatic rings. The number of hydrogen-bond donors (Lipinski definition) is 0. The molecule has 0 spiro atoms. The Morgan fingerprint density at radius 2 is 1.20 bits per heavy atom. The summed E-state index contributed by atoms with van der Waals surface area (Å²) in [6.07, 6.45) is 0. The van der Waals surface area contributed by atoms with E-state index in [9.17, 15) is 0 Å². The van der Waals surface area contributed by atoms with Crippen LogP contribution in [0, 0.1) is 0 Å². The lowest BCUT2D eigenvalue weighted by Gasteiger charge is -2.08. The average Bonchev–Trinajstić information content (AvgIpc) is 3.70. The number of pyridine rings is 2. The zero-order valence-corrected chi connectivity index (χ0v) is 21.4. The predicted molar refractivity (Wildman–Crippen MR) is 163 cm³/mol. The maximum absolute atomic E-state index is 5.99. The monoisotopic (exact) mass is 511 g/mol. The number of rotatable bonds is 3. The molecule has 0 radical (unpaired) electrons. The number of aromatic nitrogens is 3. The van der Waals surface area contributed by atoms with Crippen molar-refractivity contribution in [3.05, 3.63) is 127 Å².